The fourth-order valence-corrected chi connectivity index (χ4v) is 2.65. The molecule has 0 radical (unpaired) electrons. The largest absolute Gasteiger partial charge is 0.381 e. The molecule has 0 aromatic heterocycles. The third-order valence-electron chi connectivity index (χ3n) is 3.87. The van der Waals surface area contributed by atoms with Crippen molar-refractivity contribution in [1.29, 1.82) is 0 Å². The van der Waals surface area contributed by atoms with Gasteiger partial charge in [-0.05, 0) is 44.9 Å². The molecule has 0 saturated carbocycles. The smallest absolute Gasteiger partial charge is 0.221 e. The minimum absolute atomic E-state index is 0.0305. The summed E-state index contributed by atoms with van der Waals surface area (Å²) < 4.78 is 0. The highest BCUT2D eigenvalue weighted by molar-refractivity contribution is 5.90. The van der Waals surface area contributed by atoms with Gasteiger partial charge in [-0.15, -0.1) is 0 Å². The van der Waals surface area contributed by atoms with Gasteiger partial charge >= 0.3 is 0 Å². The summed E-state index contributed by atoms with van der Waals surface area (Å²) in [5, 5.41) is 6.45. The number of hydrogen-bond acceptors (Lipinski definition) is 3. The first-order valence-electron chi connectivity index (χ1n) is 7.34. The number of carbonyl (C=O) groups excluding carboxylic acids is 1. The summed E-state index contributed by atoms with van der Waals surface area (Å²) in [6, 6.07) is 7.25. The summed E-state index contributed by atoms with van der Waals surface area (Å²) in [6.07, 6.45) is 1.17. The molecule has 1 heterocycles. The van der Waals surface area contributed by atoms with Crippen LogP contribution in [0.15, 0.2) is 18.2 Å². The molecule has 1 aliphatic heterocycles. The summed E-state index contributed by atoms with van der Waals surface area (Å²) in [5.74, 6) is -0.0305. The third-order valence-corrected chi connectivity index (χ3v) is 3.87. The summed E-state index contributed by atoms with van der Waals surface area (Å²) >= 11 is 0. The minimum Gasteiger partial charge on any atom is -0.381 e. The van der Waals surface area contributed by atoms with E-state index in [1.807, 2.05) is 19.1 Å². The molecule has 1 amide bonds. The molecule has 1 atom stereocenters. The van der Waals surface area contributed by atoms with Crippen LogP contribution >= 0.6 is 0 Å². The molecule has 1 fully saturated rings. The van der Waals surface area contributed by atoms with Gasteiger partial charge in [0.05, 0.1) is 0 Å². The third kappa shape index (κ3) is 3.73. The second-order valence-corrected chi connectivity index (χ2v) is 5.93. The number of anilines is 2. The predicted molar refractivity (Wildman–Crippen MR) is 84.2 cm³/mol. The van der Waals surface area contributed by atoms with Crippen LogP contribution in [0.3, 0.4) is 0 Å². The Bertz CT molecular complexity index is 485. The van der Waals surface area contributed by atoms with E-state index in [0.717, 1.165) is 30.0 Å². The van der Waals surface area contributed by atoms with Gasteiger partial charge in [0.25, 0.3) is 0 Å². The van der Waals surface area contributed by atoms with Crippen molar-refractivity contribution in [3.05, 3.63) is 23.8 Å². The molecule has 1 saturated heterocycles. The highest BCUT2D eigenvalue weighted by Crippen LogP contribution is 2.23. The first kappa shape index (κ1) is 14.9. The van der Waals surface area contributed by atoms with Gasteiger partial charge in [0.1, 0.15) is 0 Å². The summed E-state index contributed by atoms with van der Waals surface area (Å²) in [4.78, 5) is 13.7. The number of nitrogens with one attached hydrogen (secondary N) is 2. The van der Waals surface area contributed by atoms with Crippen LogP contribution in [0, 0.1) is 6.92 Å². The second kappa shape index (κ2) is 6.27. The number of carbonyl (C=O) groups is 1. The molecule has 4 heteroatoms. The number of amides is 1. The average Bonchev–Trinajstić information content (AvgIpc) is 2.81. The van der Waals surface area contributed by atoms with Crippen LogP contribution in [0.25, 0.3) is 0 Å². The van der Waals surface area contributed by atoms with Gasteiger partial charge < -0.3 is 10.6 Å². The zero-order chi connectivity index (χ0) is 14.7. The molecular formula is C16H25N3O. The zero-order valence-electron chi connectivity index (χ0n) is 12.9. The number of nitrogens with zero attached hydrogens (tertiary/aromatic N) is 1. The number of likely N-dealkylation sites (tertiary alicyclic amines) is 1. The Morgan fingerprint density at radius 2 is 2.15 bits per heavy atom. The quantitative estimate of drug-likeness (QED) is 0.888. The standard InChI is InChI=1S/C16H25N3O/c1-11(2)19-8-7-15(10-19)18-14-6-5-12(3)16(9-14)17-13(4)20/h5-6,9,11,15,18H,7-8,10H2,1-4H3,(H,17,20). The lowest BCUT2D eigenvalue weighted by Gasteiger charge is -2.21. The van der Waals surface area contributed by atoms with Crippen molar-refractivity contribution in [2.45, 2.75) is 46.2 Å². The van der Waals surface area contributed by atoms with Crippen LogP contribution in [0.5, 0.6) is 0 Å². The number of benzene rings is 1. The monoisotopic (exact) mass is 275 g/mol. The fraction of sp³-hybridized carbons (Fsp3) is 0.562. The van der Waals surface area contributed by atoms with Gasteiger partial charge in [-0.3, -0.25) is 9.69 Å². The minimum atomic E-state index is -0.0305. The Balaban J connectivity index is 2.01. The van der Waals surface area contributed by atoms with Crippen molar-refractivity contribution < 1.29 is 4.79 Å². The molecule has 1 aromatic rings. The average molecular weight is 275 g/mol. The fourth-order valence-electron chi connectivity index (χ4n) is 2.65. The lowest BCUT2D eigenvalue weighted by atomic mass is 10.1. The SMILES string of the molecule is CC(=O)Nc1cc(NC2CCN(C(C)C)C2)ccc1C. The van der Waals surface area contributed by atoms with Crippen LogP contribution in [0.1, 0.15) is 32.8 Å². The maximum absolute atomic E-state index is 11.2. The Morgan fingerprint density at radius 1 is 1.40 bits per heavy atom. The Morgan fingerprint density at radius 3 is 2.75 bits per heavy atom. The number of rotatable bonds is 4. The van der Waals surface area contributed by atoms with E-state index in [4.69, 9.17) is 0 Å². The molecule has 20 heavy (non-hydrogen) atoms. The van der Waals surface area contributed by atoms with Gasteiger partial charge in [-0.1, -0.05) is 6.07 Å². The predicted octanol–water partition coefficient (Wildman–Crippen LogP) is 2.85. The molecule has 2 N–H and O–H groups in total. The summed E-state index contributed by atoms with van der Waals surface area (Å²) in [6.45, 7) is 10.3. The van der Waals surface area contributed by atoms with Gasteiger partial charge in [-0.25, -0.2) is 0 Å². The Hall–Kier alpha value is -1.55. The van der Waals surface area contributed by atoms with E-state index in [0.29, 0.717) is 12.1 Å². The van der Waals surface area contributed by atoms with Crippen molar-refractivity contribution in [2.24, 2.45) is 0 Å². The maximum Gasteiger partial charge on any atom is 0.221 e. The molecule has 1 aromatic carbocycles. The van der Waals surface area contributed by atoms with E-state index in [9.17, 15) is 4.79 Å². The van der Waals surface area contributed by atoms with Crippen molar-refractivity contribution in [1.82, 2.24) is 4.90 Å². The Kier molecular flexibility index (Phi) is 4.65. The Labute approximate surface area is 121 Å². The summed E-state index contributed by atoms with van der Waals surface area (Å²) in [5.41, 5.74) is 3.05. The van der Waals surface area contributed by atoms with E-state index >= 15 is 0 Å². The molecule has 0 spiro atoms. The topological polar surface area (TPSA) is 44.4 Å². The molecule has 4 nitrogen and oxygen atoms in total. The molecule has 1 aliphatic rings. The van der Waals surface area contributed by atoms with Gasteiger partial charge in [0, 0.05) is 43.5 Å². The van der Waals surface area contributed by atoms with Crippen LogP contribution in [0.2, 0.25) is 0 Å². The van der Waals surface area contributed by atoms with Gasteiger partial charge in [0.15, 0.2) is 0 Å². The first-order chi connectivity index (χ1) is 9.45. The highest BCUT2D eigenvalue weighted by atomic mass is 16.1. The molecule has 0 bridgehead atoms. The van der Waals surface area contributed by atoms with Crippen molar-refractivity contribution in [2.75, 3.05) is 23.7 Å². The van der Waals surface area contributed by atoms with Gasteiger partial charge in [0.2, 0.25) is 5.91 Å². The van der Waals surface area contributed by atoms with E-state index in [1.165, 1.54) is 13.3 Å². The van der Waals surface area contributed by atoms with E-state index in [2.05, 4.69) is 35.4 Å². The number of hydrogen-bond donors (Lipinski definition) is 2. The van der Waals surface area contributed by atoms with Crippen LogP contribution in [-0.2, 0) is 4.79 Å². The first-order valence-corrected chi connectivity index (χ1v) is 7.34. The lowest BCUT2D eigenvalue weighted by molar-refractivity contribution is -0.114. The molecule has 1 unspecified atom stereocenters. The molecule has 110 valence electrons. The molecule has 2 rings (SSSR count). The van der Waals surface area contributed by atoms with Crippen molar-refractivity contribution >= 4 is 17.3 Å². The maximum atomic E-state index is 11.2. The highest BCUT2D eigenvalue weighted by Gasteiger charge is 2.23. The van der Waals surface area contributed by atoms with E-state index in [-0.39, 0.29) is 5.91 Å². The lowest BCUT2D eigenvalue weighted by Crippen LogP contribution is -2.31. The second-order valence-electron chi connectivity index (χ2n) is 5.93. The summed E-state index contributed by atoms with van der Waals surface area (Å²) in [7, 11) is 0. The van der Waals surface area contributed by atoms with Crippen molar-refractivity contribution in [3.63, 3.8) is 0 Å². The van der Waals surface area contributed by atoms with E-state index < -0.39 is 0 Å². The van der Waals surface area contributed by atoms with Crippen LogP contribution in [-0.4, -0.2) is 36.0 Å². The van der Waals surface area contributed by atoms with E-state index in [1.54, 1.807) is 0 Å². The molecule has 0 aliphatic carbocycles. The zero-order valence-corrected chi connectivity index (χ0v) is 12.9. The molecular weight excluding hydrogens is 250 g/mol. The number of aryl methyl sites for hydroxylation is 1. The van der Waals surface area contributed by atoms with Crippen LogP contribution < -0.4 is 10.6 Å². The van der Waals surface area contributed by atoms with Gasteiger partial charge in [-0.2, -0.15) is 0 Å². The van der Waals surface area contributed by atoms with Crippen molar-refractivity contribution in [3.8, 4) is 0 Å². The normalized spacial score (nSPS) is 19.4. The van der Waals surface area contributed by atoms with Crippen LogP contribution in [0.4, 0.5) is 11.4 Å².